The number of carbonyl (C=O) groups is 1. The first-order chi connectivity index (χ1) is 15.2. The molecule has 0 aliphatic carbocycles. The lowest BCUT2D eigenvalue weighted by molar-refractivity contribution is -0.137. The smallest absolute Gasteiger partial charge is 0.319 e. The van der Waals surface area contributed by atoms with Crippen LogP contribution in [-0.2, 0) is 6.18 Å². The van der Waals surface area contributed by atoms with Crippen molar-refractivity contribution in [3.05, 3.63) is 94.2 Å². The fourth-order valence-corrected chi connectivity index (χ4v) is 3.08. The summed E-state index contributed by atoms with van der Waals surface area (Å²) in [6, 6.07) is 12.3. The number of benzene rings is 2. The number of amides is 1. The Balaban J connectivity index is 1.72. The molecule has 0 saturated carbocycles. The van der Waals surface area contributed by atoms with Crippen molar-refractivity contribution in [2.24, 2.45) is 0 Å². The molecule has 0 aliphatic rings. The highest BCUT2D eigenvalue weighted by Gasteiger charge is 2.30. The van der Waals surface area contributed by atoms with Crippen molar-refractivity contribution in [3.63, 3.8) is 0 Å². The molecular formula is C21H15F3N6O2. The minimum Gasteiger partial charge on any atom is -0.319 e. The monoisotopic (exact) mass is 440 g/mol. The van der Waals surface area contributed by atoms with Crippen molar-refractivity contribution in [3.8, 4) is 11.4 Å². The summed E-state index contributed by atoms with van der Waals surface area (Å²) >= 11 is 0. The zero-order chi connectivity index (χ0) is 22.9. The van der Waals surface area contributed by atoms with Gasteiger partial charge >= 0.3 is 6.18 Å². The molecular weight excluding hydrogens is 425 g/mol. The van der Waals surface area contributed by atoms with E-state index in [0.29, 0.717) is 11.4 Å². The first-order valence-corrected chi connectivity index (χ1v) is 9.30. The SMILES string of the molecule is Cc1cc(=O)c(C(=O)Nc2ccccc2-n2ccnn2)nn1-c1cccc(C(F)(F)F)c1. The summed E-state index contributed by atoms with van der Waals surface area (Å²) in [6.07, 6.45) is -1.50. The normalized spacial score (nSPS) is 11.4. The minimum absolute atomic E-state index is 0.0643. The fourth-order valence-electron chi connectivity index (χ4n) is 3.08. The van der Waals surface area contributed by atoms with Crippen LogP contribution in [0.3, 0.4) is 0 Å². The van der Waals surface area contributed by atoms with Crippen molar-refractivity contribution < 1.29 is 18.0 Å². The Morgan fingerprint density at radius 1 is 1.06 bits per heavy atom. The van der Waals surface area contributed by atoms with Gasteiger partial charge < -0.3 is 5.32 Å². The summed E-state index contributed by atoms with van der Waals surface area (Å²) in [4.78, 5) is 25.3. The molecule has 1 amide bonds. The Bertz CT molecular complexity index is 1350. The third-order valence-corrected chi connectivity index (χ3v) is 4.56. The summed E-state index contributed by atoms with van der Waals surface area (Å²) in [6.45, 7) is 1.51. The van der Waals surface area contributed by atoms with Crippen molar-refractivity contribution in [2.45, 2.75) is 13.1 Å². The van der Waals surface area contributed by atoms with Gasteiger partial charge in [-0.3, -0.25) is 9.59 Å². The molecule has 4 aromatic rings. The molecule has 0 atom stereocenters. The molecule has 162 valence electrons. The van der Waals surface area contributed by atoms with Crippen LogP contribution in [0.5, 0.6) is 0 Å². The number of aryl methyl sites for hydroxylation is 1. The zero-order valence-corrected chi connectivity index (χ0v) is 16.5. The number of rotatable bonds is 4. The largest absolute Gasteiger partial charge is 0.416 e. The number of para-hydroxylation sites is 2. The van der Waals surface area contributed by atoms with E-state index in [1.54, 1.807) is 30.5 Å². The molecule has 0 aliphatic heterocycles. The van der Waals surface area contributed by atoms with E-state index in [2.05, 4.69) is 20.7 Å². The lowest BCUT2D eigenvalue weighted by Gasteiger charge is -2.14. The Kier molecular flexibility index (Phi) is 5.31. The molecule has 0 radical (unpaired) electrons. The second kappa shape index (κ2) is 8.10. The van der Waals surface area contributed by atoms with Crippen LogP contribution >= 0.6 is 0 Å². The van der Waals surface area contributed by atoms with Gasteiger partial charge in [0.25, 0.3) is 5.91 Å². The van der Waals surface area contributed by atoms with Gasteiger partial charge in [0.15, 0.2) is 5.69 Å². The van der Waals surface area contributed by atoms with Crippen LogP contribution in [0.15, 0.2) is 71.8 Å². The molecule has 2 aromatic carbocycles. The van der Waals surface area contributed by atoms with Gasteiger partial charge in [0, 0.05) is 11.8 Å². The van der Waals surface area contributed by atoms with Gasteiger partial charge in [0.2, 0.25) is 5.43 Å². The molecule has 1 N–H and O–H groups in total. The lowest BCUT2D eigenvalue weighted by atomic mass is 10.2. The molecule has 0 bridgehead atoms. The molecule has 0 saturated heterocycles. The highest BCUT2D eigenvalue weighted by atomic mass is 19.4. The number of hydrogen-bond acceptors (Lipinski definition) is 5. The molecule has 4 rings (SSSR count). The quantitative estimate of drug-likeness (QED) is 0.525. The van der Waals surface area contributed by atoms with E-state index in [1.807, 2.05) is 0 Å². The van der Waals surface area contributed by atoms with Crippen LogP contribution in [0.1, 0.15) is 21.7 Å². The molecule has 32 heavy (non-hydrogen) atoms. The maximum atomic E-state index is 13.1. The number of hydrogen-bond donors (Lipinski definition) is 1. The summed E-state index contributed by atoms with van der Waals surface area (Å²) in [5.41, 5.74) is -0.826. The average molecular weight is 440 g/mol. The van der Waals surface area contributed by atoms with E-state index < -0.39 is 28.8 Å². The summed E-state index contributed by atoms with van der Waals surface area (Å²) < 4.78 is 41.8. The maximum Gasteiger partial charge on any atom is 0.416 e. The molecule has 8 nitrogen and oxygen atoms in total. The highest BCUT2D eigenvalue weighted by Crippen LogP contribution is 2.30. The second-order valence-corrected chi connectivity index (χ2v) is 6.78. The summed E-state index contributed by atoms with van der Waals surface area (Å²) in [5, 5.41) is 14.3. The second-order valence-electron chi connectivity index (χ2n) is 6.78. The topological polar surface area (TPSA) is 94.7 Å². The Hall–Kier alpha value is -4.28. The Morgan fingerprint density at radius 2 is 1.84 bits per heavy atom. The third-order valence-electron chi connectivity index (χ3n) is 4.56. The van der Waals surface area contributed by atoms with Crippen molar-refractivity contribution in [1.29, 1.82) is 0 Å². The number of nitrogens with zero attached hydrogens (tertiary/aromatic N) is 5. The predicted octanol–water partition coefficient (Wildman–Crippen LogP) is 3.39. The van der Waals surface area contributed by atoms with Gasteiger partial charge in [-0.25, -0.2) is 9.36 Å². The number of alkyl halides is 3. The van der Waals surface area contributed by atoms with E-state index in [0.717, 1.165) is 22.9 Å². The van der Waals surface area contributed by atoms with Gasteiger partial charge in [-0.15, -0.1) is 5.10 Å². The highest BCUT2D eigenvalue weighted by molar-refractivity contribution is 6.03. The van der Waals surface area contributed by atoms with Crippen LogP contribution in [0.25, 0.3) is 11.4 Å². The average Bonchev–Trinajstić information content (AvgIpc) is 3.28. The number of carbonyl (C=O) groups excluding carboxylic acids is 1. The van der Waals surface area contributed by atoms with Crippen LogP contribution in [0.2, 0.25) is 0 Å². The van der Waals surface area contributed by atoms with Crippen LogP contribution in [-0.4, -0.2) is 30.7 Å². The van der Waals surface area contributed by atoms with Gasteiger partial charge in [-0.1, -0.05) is 23.4 Å². The summed E-state index contributed by atoms with van der Waals surface area (Å²) in [7, 11) is 0. The van der Waals surface area contributed by atoms with Gasteiger partial charge in [-0.2, -0.15) is 18.3 Å². The first-order valence-electron chi connectivity index (χ1n) is 9.30. The van der Waals surface area contributed by atoms with Gasteiger partial charge in [0.1, 0.15) is 0 Å². The van der Waals surface area contributed by atoms with Gasteiger partial charge in [0.05, 0.1) is 35.0 Å². The Labute approximate surface area is 178 Å². The van der Waals surface area contributed by atoms with Crippen LogP contribution in [0, 0.1) is 6.92 Å². The molecule has 0 spiro atoms. The van der Waals surface area contributed by atoms with E-state index in [-0.39, 0.29) is 11.4 Å². The maximum absolute atomic E-state index is 13.1. The standard InChI is InChI=1S/C21H15F3N6O2/c1-13-11-18(31)19(27-30(13)15-6-4-5-14(12-15)21(22,23)24)20(32)26-16-7-2-3-8-17(16)29-10-9-25-28-29/h2-12H,1H3,(H,26,32). The molecule has 11 heteroatoms. The molecule has 2 heterocycles. The van der Waals surface area contributed by atoms with Crippen LogP contribution < -0.4 is 10.7 Å². The molecule has 0 unspecified atom stereocenters. The van der Waals surface area contributed by atoms with E-state index >= 15 is 0 Å². The van der Waals surface area contributed by atoms with E-state index in [1.165, 1.54) is 29.9 Å². The molecule has 2 aromatic heterocycles. The predicted molar refractivity (Wildman–Crippen MR) is 109 cm³/mol. The number of nitrogens with one attached hydrogen (secondary N) is 1. The van der Waals surface area contributed by atoms with Crippen molar-refractivity contribution >= 4 is 11.6 Å². The van der Waals surface area contributed by atoms with E-state index in [4.69, 9.17) is 0 Å². The zero-order valence-electron chi connectivity index (χ0n) is 16.5. The summed E-state index contributed by atoms with van der Waals surface area (Å²) in [5.74, 6) is -0.816. The lowest BCUT2D eigenvalue weighted by Crippen LogP contribution is -2.27. The first kappa shape index (κ1) is 21.0. The minimum atomic E-state index is -4.55. The van der Waals surface area contributed by atoms with Crippen molar-refractivity contribution in [2.75, 3.05) is 5.32 Å². The van der Waals surface area contributed by atoms with E-state index in [9.17, 15) is 22.8 Å². The third kappa shape index (κ3) is 4.13. The van der Waals surface area contributed by atoms with Crippen LogP contribution in [0.4, 0.5) is 18.9 Å². The number of anilines is 1. The molecule has 0 fully saturated rings. The number of aromatic nitrogens is 5. The van der Waals surface area contributed by atoms with Crippen molar-refractivity contribution in [1.82, 2.24) is 24.8 Å². The fraction of sp³-hybridized carbons (Fsp3) is 0.0952. The van der Waals surface area contributed by atoms with Gasteiger partial charge in [-0.05, 0) is 37.3 Å². The number of halogens is 3. The Morgan fingerprint density at radius 3 is 2.56 bits per heavy atom.